The van der Waals surface area contributed by atoms with Gasteiger partial charge in [-0.1, -0.05) is 0 Å². The number of hydrogen-bond acceptors (Lipinski definition) is 4. The van der Waals surface area contributed by atoms with Gasteiger partial charge in [0.05, 0.1) is 12.2 Å². The molecule has 0 saturated carbocycles. The van der Waals surface area contributed by atoms with E-state index in [0.717, 1.165) is 0 Å². The van der Waals surface area contributed by atoms with Crippen molar-refractivity contribution in [2.45, 2.75) is 13.2 Å². The van der Waals surface area contributed by atoms with Gasteiger partial charge in [-0.15, -0.1) is 10.2 Å². The minimum absolute atomic E-state index is 0.124. The minimum Gasteiger partial charge on any atom is -0.388 e. The van der Waals surface area contributed by atoms with Crippen molar-refractivity contribution in [1.29, 1.82) is 0 Å². The zero-order valence-corrected chi connectivity index (χ0v) is 10.6. The highest BCUT2D eigenvalue weighted by Gasteiger charge is 2.21. The van der Waals surface area contributed by atoms with Crippen molar-refractivity contribution in [3.8, 4) is 11.4 Å². The molecule has 0 atom stereocenters. The van der Waals surface area contributed by atoms with Crippen molar-refractivity contribution >= 4 is 0 Å². The third-order valence-electron chi connectivity index (χ3n) is 2.72. The number of aliphatic hydroxyl groups excluding tert-OH is 1. The van der Waals surface area contributed by atoms with E-state index in [4.69, 9.17) is 9.84 Å². The van der Waals surface area contributed by atoms with Crippen LogP contribution in [0, 0.1) is 17.5 Å². The molecule has 2 rings (SSSR count). The fourth-order valence-corrected chi connectivity index (χ4v) is 1.81. The summed E-state index contributed by atoms with van der Waals surface area (Å²) in [7, 11) is 1.46. The van der Waals surface area contributed by atoms with Crippen molar-refractivity contribution in [3.05, 3.63) is 35.4 Å². The van der Waals surface area contributed by atoms with Crippen molar-refractivity contribution < 1.29 is 23.0 Å². The van der Waals surface area contributed by atoms with Gasteiger partial charge in [-0.3, -0.25) is 0 Å². The summed E-state index contributed by atoms with van der Waals surface area (Å²) in [4.78, 5) is 0. The smallest absolute Gasteiger partial charge is 0.170 e. The molecule has 0 amide bonds. The van der Waals surface area contributed by atoms with Crippen LogP contribution in [0.4, 0.5) is 13.2 Å². The van der Waals surface area contributed by atoms with Crippen molar-refractivity contribution in [2.24, 2.45) is 0 Å². The monoisotopic (exact) mass is 287 g/mol. The highest BCUT2D eigenvalue weighted by atomic mass is 19.1. The lowest BCUT2D eigenvalue weighted by molar-refractivity contribution is 0.183. The van der Waals surface area contributed by atoms with Gasteiger partial charge in [-0.05, 0) is 0 Å². The Kier molecular flexibility index (Phi) is 4.35. The topological polar surface area (TPSA) is 60.2 Å². The van der Waals surface area contributed by atoms with Crippen LogP contribution in [0.15, 0.2) is 12.1 Å². The average molecular weight is 287 g/mol. The second-order valence-electron chi connectivity index (χ2n) is 3.99. The van der Waals surface area contributed by atoms with Crippen LogP contribution in [0.3, 0.4) is 0 Å². The zero-order chi connectivity index (χ0) is 14.7. The number of methoxy groups -OCH3 is 1. The normalized spacial score (nSPS) is 11.1. The summed E-state index contributed by atoms with van der Waals surface area (Å²) in [6.45, 7) is -0.00535. The quantitative estimate of drug-likeness (QED) is 0.905. The lowest BCUT2D eigenvalue weighted by Gasteiger charge is -2.10. The van der Waals surface area contributed by atoms with Crippen molar-refractivity contribution in [1.82, 2.24) is 14.8 Å². The SMILES string of the molecule is COCCn1c(CO)nnc1-c1c(F)cc(F)cc1F. The first-order chi connectivity index (χ1) is 9.58. The van der Waals surface area contributed by atoms with E-state index in [1.54, 1.807) is 0 Å². The summed E-state index contributed by atoms with van der Waals surface area (Å²) in [5, 5.41) is 16.5. The number of ether oxygens (including phenoxy) is 1. The van der Waals surface area contributed by atoms with Crippen LogP contribution in [0.2, 0.25) is 0 Å². The molecule has 0 saturated heterocycles. The molecule has 0 spiro atoms. The summed E-state index contributed by atoms with van der Waals surface area (Å²) in [6, 6.07) is 1.12. The lowest BCUT2D eigenvalue weighted by atomic mass is 10.1. The summed E-state index contributed by atoms with van der Waals surface area (Å²) >= 11 is 0. The second-order valence-corrected chi connectivity index (χ2v) is 3.99. The van der Waals surface area contributed by atoms with Gasteiger partial charge >= 0.3 is 0 Å². The molecule has 0 bridgehead atoms. The Morgan fingerprint density at radius 2 is 1.85 bits per heavy atom. The van der Waals surface area contributed by atoms with Crippen LogP contribution in [-0.2, 0) is 17.9 Å². The summed E-state index contributed by atoms with van der Waals surface area (Å²) in [6.07, 6.45) is 0. The van der Waals surface area contributed by atoms with Crippen LogP contribution < -0.4 is 0 Å². The Balaban J connectivity index is 2.55. The average Bonchev–Trinajstić information content (AvgIpc) is 2.78. The molecule has 0 fully saturated rings. The van der Waals surface area contributed by atoms with Crippen LogP contribution in [0.25, 0.3) is 11.4 Å². The Labute approximate surface area is 112 Å². The first kappa shape index (κ1) is 14.5. The maximum atomic E-state index is 13.8. The first-order valence-corrected chi connectivity index (χ1v) is 5.75. The van der Waals surface area contributed by atoms with Gasteiger partial charge in [-0.2, -0.15) is 0 Å². The molecular weight excluding hydrogens is 275 g/mol. The molecule has 1 N–H and O–H groups in total. The Bertz CT molecular complexity index is 593. The number of halogens is 3. The van der Waals surface area contributed by atoms with Crippen LogP contribution in [0.1, 0.15) is 5.82 Å². The van der Waals surface area contributed by atoms with Gasteiger partial charge in [0.1, 0.15) is 24.1 Å². The summed E-state index contributed by atoms with van der Waals surface area (Å²) in [5.74, 6) is -3.17. The van der Waals surface area contributed by atoms with E-state index >= 15 is 0 Å². The molecule has 1 heterocycles. The van der Waals surface area contributed by atoms with Gasteiger partial charge in [0.15, 0.2) is 11.6 Å². The standard InChI is InChI=1S/C12H12F3N3O2/c1-20-3-2-18-10(6-19)16-17-12(18)11-8(14)4-7(13)5-9(11)15/h4-5,19H,2-3,6H2,1H3. The van der Waals surface area contributed by atoms with E-state index in [1.165, 1.54) is 11.7 Å². The third kappa shape index (κ3) is 2.66. The Morgan fingerprint density at radius 1 is 1.20 bits per heavy atom. The van der Waals surface area contributed by atoms with Crippen LogP contribution >= 0.6 is 0 Å². The molecule has 0 aliphatic heterocycles. The molecule has 0 radical (unpaired) electrons. The maximum Gasteiger partial charge on any atom is 0.170 e. The maximum absolute atomic E-state index is 13.8. The number of rotatable bonds is 5. The molecule has 108 valence electrons. The van der Waals surface area contributed by atoms with E-state index in [-0.39, 0.29) is 24.8 Å². The molecule has 8 heteroatoms. The van der Waals surface area contributed by atoms with Gasteiger partial charge in [-0.25, -0.2) is 13.2 Å². The Hall–Kier alpha value is -1.93. The van der Waals surface area contributed by atoms with Crippen molar-refractivity contribution in [3.63, 3.8) is 0 Å². The van der Waals surface area contributed by atoms with Crippen LogP contribution in [-0.4, -0.2) is 33.6 Å². The van der Waals surface area contributed by atoms with Gasteiger partial charge < -0.3 is 14.4 Å². The fraction of sp³-hybridized carbons (Fsp3) is 0.333. The third-order valence-corrected chi connectivity index (χ3v) is 2.72. The van der Waals surface area contributed by atoms with Crippen molar-refractivity contribution in [2.75, 3.05) is 13.7 Å². The fourth-order valence-electron chi connectivity index (χ4n) is 1.81. The highest BCUT2D eigenvalue weighted by molar-refractivity contribution is 5.57. The predicted octanol–water partition coefficient (Wildman–Crippen LogP) is 1.50. The van der Waals surface area contributed by atoms with E-state index in [2.05, 4.69) is 10.2 Å². The van der Waals surface area contributed by atoms with Crippen LogP contribution in [0.5, 0.6) is 0 Å². The number of nitrogens with zero attached hydrogens (tertiary/aromatic N) is 3. The van der Waals surface area contributed by atoms with Gasteiger partial charge in [0.2, 0.25) is 0 Å². The predicted molar refractivity (Wildman–Crippen MR) is 63.1 cm³/mol. The molecule has 2 aromatic rings. The molecule has 0 aliphatic rings. The largest absolute Gasteiger partial charge is 0.388 e. The van der Waals surface area contributed by atoms with E-state index in [1.807, 2.05) is 0 Å². The van der Waals surface area contributed by atoms with E-state index in [9.17, 15) is 13.2 Å². The number of aromatic nitrogens is 3. The van der Waals surface area contributed by atoms with E-state index < -0.39 is 29.6 Å². The molecule has 1 aromatic carbocycles. The second kappa shape index (κ2) is 6.02. The molecule has 5 nitrogen and oxygen atoms in total. The molecule has 20 heavy (non-hydrogen) atoms. The van der Waals surface area contributed by atoms with E-state index in [0.29, 0.717) is 12.1 Å². The molecule has 0 aliphatic carbocycles. The minimum atomic E-state index is -1.09. The number of aliphatic hydroxyl groups is 1. The van der Waals surface area contributed by atoms with Gasteiger partial charge in [0.25, 0.3) is 0 Å². The van der Waals surface area contributed by atoms with Gasteiger partial charge in [0, 0.05) is 25.8 Å². The molecule has 0 unspecified atom stereocenters. The number of hydrogen-bond donors (Lipinski definition) is 1. The first-order valence-electron chi connectivity index (χ1n) is 5.75. The summed E-state index contributed by atoms with van der Waals surface area (Å²) in [5.41, 5.74) is -0.491. The Morgan fingerprint density at radius 3 is 2.40 bits per heavy atom. The summed E-state index contributed by atoms with van der Waals surface area (Å²) < 4.78 is 46.6. The highest BCUT2D eigenvalue weighted by Crippen LogP contribution is 2.26. The zero-order valence-electron chi connectivity index (χ0n) is 10.6. The molecule has 1 aromatic heterocycles. The number of benzene rings is 1. The lowest BCUT2D eigenvalue weighted by Crippen LogP contribution is -2.11. The molecular formula is C12H12F3N3O2.